The van der Waals surface area contributed by atoms with Crippen LogP contribution in [0.1, 0.15) is 24.8 Å². The van der Waals surface area contributed by atoms with Crippen molar-refractivity contribution in [3.63, 3.8) is 0 Å². The number of piperidine rings is 1. The summed E-state index contributed by atoms with van der Waals surface area (Å²) in [6, 6.07) is 10.0. The number of halogens is 3. The van der Waals surface area contributed by atoms with E-state index in [0.29, 0.717) is 32.5 Å². The molecular weight excluding hydrogens is 319 g/mol. The van der Waals surface area contributed by atoms with E-state index in [4.69, 9.17) is 5.26 Å². The lowest BCUT2D eigenvalue weighted by Gasteiger charge is -2.40. The van der Waals surface area contributed by atoms with E-state index in [9.17, 15) is 18.0 Å². The quantitative estimate of drug-likeness (QED) is 0.780. The highest BCUT2D eigenvalue weighted by atomic mass is 19.4. The minimum atomic E-state index is -4.46. The second kappa shape index (κ2) is 6.00. The van der Waals surface area contributed by atoms with E-state index in [1.54, 1.807) is 0 Å². The number of benzene rings is 1. The van der Waals surface area contributed by atoms with Crippen LogP contribution in [0.25, 0.3) is 0 Å². The van der Waals surface area contributed by atoms with Gasteiger partial charge in [-0.1, -0.05) is 18.2 Å². The molecule has 0 bridgehead atoms. The van der Waals surface area contributed by atoms with Gasteiger partial charge in [0.1, 0.15) is 13.0 Å². The van der Waals surface area contributed by atoms with Crippen molar-refractivity contribution in [1.82, 2.24) is 4.90 Å². The maximum absolute atomic E-state index is 12.4. The molecule has 128 valence electrons. The molecule has 2 aliphatic rings. The van der Waals surface area contributed by atoms with Crippen LogP contribution in [0, 0.1) is 11.3 Å². The Morgan fingerprint density at radius 3 is 2.54 bits per heavy atom. The number of rotatable bonds is 2. The second-order valence-electron chi connectivity index (χ2n) is 6.48. The molecule has 0 aromatic heterocycles. The average molecular weight is 337 g/mol. The third-order valence-electron chi connectivity index (χ3n) is 5.00. The smallest absolute Gasteiger partial charge is 0.357 e. The molecule has 0 radical (unpaired) electrons. The van der Waals surface area contributed by atoms with Crippen molar-refractivity contribution >= 4 is 11.6 Å². The molecule has 1 fully saturated rings. The number of carbonyl (C=O) groups excluding carboxylic acids is 1. The number of anilines is 1. The van der Waals surface area contributed by atoms with Gasteiger partial charge in [-0.05, 0) is 24.5 Å². The topological polar surface area (TPSA) is 47.3 Å². The van der Waals surface area contributed by atoms with Crippen LogP contribution in [0.2, 0.25) is 0 Å². The van der Waals surface area contributed by atoms with Gasteiger partial charge in [0.2, 0.25) is 5.91 Å². The summed E-state index contributed by atoms with van der Waals surface area (Å²) >= 11 is 0. The van der Waals surface area contributed by atoms with Crippen molar-refractivity contribution in [2.45, 2.75) is 30.9 Å². The van der Waals surface area contributed by atoms with E-state index in [1.807, 2.05) is 29.2 Å². The third-order valence-corrected chi connectivity index (χ3v) is 5.00. The minimum Gasteiger partial charge on any atom is -0.357 e. The molecule has 0 aliphatic carbocycles. The van der Waals surface area contributed by atoms with Gasteiger partial charge in [0.05, 0.1) is 6.07 Å². The Kier molecular flexibility index (Phi) is 4.16. The molecule has 4 nitrogen and oxygen atoms in total. The zero-order valence-corrected chi connectivity index (χ0v) is 13.1. The second-order valence-corrected chi connectivity index (χ2v) is 6.48. The number of hydrogen-bond acceptors (Lipinski definition) is 3. The first-order valence-corrected chi connectivity index (χ1v) is 7.91. The number of amides is 1. The SMILES string of the molecule is N#CCN1CC2(CCN(C(=O)CC(F)(F)F)CC2)c2ccccc21. The van der Waals surface area contributed by atoms with Crippen molar-refractivity contribution in [1.29, 1.82) is 5.26 Å². The van der Waals surface area contributed by atoms with E-state index >= 15 is 0 Å². The third kappa shape index (κ3) is 3.05. The Labute approximate surface area is 138 Å². The van der Waals surface area contributed by atoms with Crippen LogP contribution >= 0.6 is 0 Å². The van der Waals surface area contributed by atoms with E-state index in [2.05, 4.69) is 6.07 Å². The highest BCUT2D eigenvalue weighted by Gasteiger charge is 2.45. The number of carbonyl (C=O) groups is 1. The first-order valence-electron chi connectivity index (χ1n) is 7.91. The summed E-state index contributed by atoms with van der Waals surface area (Å²) in [7, 11) is 0. The Morgan fingerprint density at radius 1 is 1.25 bits per heavy atom. The Morgan fingerprint density at radius 2 is 1.92 bits per heavy atom. The van der Waals surface area contributed by atoms with Crippen LogP contribution in [0.5, 0.6) is 0 Å². The molecule has 1 aromatic carbocycles. The maximum atomic E-state index is 12.4. The molecule has 0 saturated carbocycles. The van der Waals surface area contributed by atoms with Gasteiger partial charge in [0.15, 0.2) is 0 Å². The predicted molar refractivity (Wildman–Crippen MR) is 82.4 cm³/mol. The highest BCUT2D eigenvalue weighted by Crippen LogP contribution is 2.46. The molecule has 1 amide bonds. The van der Waals surface area contributed by atoms with Gasteiger partial charge < -0.3 is 9.80 Å². The molecule has 24 heavy (non-hydrogen) atoms. The number of hydrogen-bond donors (Lipinski definition) is 0. The number of likely N-dealkylation sites (tertiary alicyclic amines) is 1. The normalized spacial score (nSPS) is 19.2. The summed E-state index contributed by atoms with van der Waals surface area (Å²) in [5, 5.41) is 9.01. The van der Waals surface area contributed by atoms with Crippen molar-refractivity contribution < 1.29 is 18.0 Å². The first-order chi connectivity index (χ1) is 11.3. The van der Waals surface area contributed by atoms with Gasteiger partial charge in [-0.3, -0.25) is 4.79 Å². The van der Waals surface area contributed by atoms with E-state index < -0.39 is 18.5 Å². The van der Waals surface area contributed by atoms with Crippen molar-refractivity contribution in [2.24, 2.45) is 0 Å². The molecule has 1 saturated heterocycles. The Hall–Kier alpha value is -2.23. The zero-order chi connectivity index (χ0) is 17.4. The fourth-order valence-corrected chi connectivity index (χ4v) is 3.85. The lowest BCUT2D eigenvalue weighted by Crippen LogP contribution is -2.48. The largest absolute Gasteiger partial charge is 0.397 e. The van der Waals surface area contributed by atoms with Crippen LogP contribution in [-0.2, 0) is 10.2 Å². The van der Waals surface area contributed by atoms with Crippen molar-refractivity contribution in [2.75, 3.05) is 31.1 Å². The molecule has 2 aliphatic heterocycles. The number of fused-ring (bicyclic) bond motifs is 2. The van der Waals surface area contributed by atoms with Gasteiger partial charge in [0, 0.05) is 30.7 Å². The minimum absolute atomic E-state index is 0.178. The summed E-state index contributed by atoms with van der Waals surface area (Å²) < 4.78 is 37.2. The zero-order valence-electron chi connectivity index (χ0n) is 13.1. The fraction of sp³-hybridized carbons (Fsp3) is 0.529. The van der Waals surface area contributed by atoms with E-state index in [1.165, 1.54) is 4.90 Å². The molecule has 3 rings (SSSR count). The van der Waals surface area contributed by atoms with E-state index in [-0.39, 0.29) is 12.0 Å². The van der Waals surface area contributed by atoms with Crippen LogP contribution in [0.15, 0.2) is 24.3 Å². The predicted octanol–water partition coefficient (Wildman–Crippen LogP) is 2.84. The van der Waals surface area contributed by atoms with Crippen LogP contribution < -0.4 is 4.90 Å². The van der Waals surface area contributed by atoms with Gasteiger partial charge in [-0.2, -0.15) is 18.4 Å². The number of para-hydroxylation sites is 1. The highest BCUT2D eigenvalue weighted by molar-refractivity contribution is 5.77. The summed E-state index contributed by atoms with van der Waals surface area (Å²) in [6.45, 7) is 1.62. The molecule has 0 atom stereocenters. The standard InChI is InChI=1S/C17H18F3N3O/c18-17(19,20)11-15(24)22-8-5-16(6-9-22)12-23(10-7-21)14-4-2-1-3-13(14)16/h1-4H,5-6,8-12H2. The van der Waals surface area contributed by atoms with Crippen molar-refractivity contribution in [3.8, 4) is 6.07 Å². The van der Waals surface area contributed by atoms with Gasteiger partial charge in [-0.25, -0.2) is 0 Å². The monoisotopic (exact) mass is 337 g/mol. The van der Waals surface area contributed by atoms with E-state index in [0.717, 1.165) is 11.3 Å². The molecule has 7 heteroatoms. The molecule has 2 heterocycles. The Bertz CT molecular complexity index is 672. The maximum Gasteiger partial charge on any atom is 0.397 e. The van der Waals surface area contributed by atoms with Crippen LogP contribution in [0.3, 0.4) is 0 Å². The molecule has 1 spiro atoms. The van der Waals surface area contributed by atoms with Gasteiger partial charge >= 0.3 is 6.18 Å². The molecular formula is C17H18F3N3O. The molecule has 0 N–H and O–H groups in total. The van der Waals surface area contributed by atoms with Gasteiger partial charge in [0.25, 0.3) is 0 Å². The molecule has 1 aromatic rings. The Balaban J connectivity index is 1.74. The molecule has 0 unspecified atom stereocenters. The van der Waals surface area contributed by atoms with Gasteiger partial charge in [-0.15, -0.1) is 0 Å². The lowest BCUT2D eigenvalue weighted by molar-refractivity contribution is -0.162. The summed E-state index contributed by atoms with van der Waals surface area (Å²) in [6.07, 6.45) is -4.61. The average Bonchev–Trinajstić information content (AvgIpc) is 2.81. The number of nitriles is 1. The van der Waals surface area contributed by atoms with Crippen LogP contribution in [-0.4, -0.2) is 43.2 Å². The first kappa shape index (κ1) is 16.6. The summed E-state index contributed by atoms with van der Waals surface area (Å²) in [4.78, 5) is 15.1. The summed E-state index contributed by atoms with van der Waals surface area (Å²) in [5.74, 6) is -0.850. The lowest BCUT2D eigenvalue weighted by atomic mass is 9.74. The number of alkyl halides is 3. The number of nitrogens with zero attached hydrogens (tertiary/aromatic N) is 3. The fourth-order valence-electron chi connectivity index (χ4n) is 3.85. The van der Waals surface area contributed by atoms with Crippen LogP contribution in [0.4, 0.5) is 18.9 Å². The van der Waals surface area contributed by atoms with Crippen molar-refractivity contribution in [3.05, 3.63) is 29.8 Å². The summed E-state index contributed by atoms with van der Waals surface area (Å²) in [5.41, 5.74) is 1.99.